The van der Waals surface area contributed by atoms with Gasteiger partial charge in [0.2, 0.25) is 11.6 Å². The molecule has 2 N–H and O–H groups in total. The van der Waals surface area contributed by atoms with Crippen LogP contribution in [0.5, 0.6) is 0 Å². The second kappa shape index (κ2) is 11.9. The number of nitrogens with one attached hydrogen (secondary N) is 1. The van der Waals surface area contributed by atoms with E-state index in [4.69, 9.17) is 4.74 Å². The number of aliphatic hydroxyl groups excluding tert-OH is 1. The first-order valence-electron chi connectivity index (χ1n) is 9.94. The lowest BCUT2D eigenvalue weighted by atomic mass is 9.83. The van der Waals surface area contributed by atoms with Crippen LogP contribution in [0.4, 0.5) is 0 Å². The van der Waals surface area contributed by atoms with Crippen molar-refractivity contribution in [2.24, 2.45) is 5.92 Å². The normalized spacial score (nSPS) is 16.6. The molecule has 1 rings (SSSR count). The first-order chi connectivity index (χ1) is 13.6. The molecule has 0 aromatic carbocycles. The molecule has 0 amide bonds. The van der Waals surface area contributed by atoms with Crippen LogP contribution < -0.4 is 5.32 Å². The molecule has 0 saturated heterocycles. The highest BCUT2D eigenvalue weighted by molar-refractivity contribution is 7.98. The maximum atomic E-state index is 12.6. The van der Waals surface area contributed by atoms with Crippen molar-refractivity contribution in [2.45, 2.75) is 59.9 Å². The van der Waals surface area contributed by atoms with E-state index >= 15 is 0 Å². The minimum atomic E-state index is -0.710. The van der Waals surface area contributed by atoms with Crippen LogP contribution in [0.15, 0.2) is 34.3 Å². The van der Waals surface area contributed by atoms with E-state index in [1.807, 2.05) is 27.0 Å². The fraction of sp³-hybridized carbons (Fsp3) is 0.591. The van der Waals surface area contributed by atoms with E-state index in [0.29, 0.717) is 18.6 Å². The van der Waals surface area contributed by atoms with Gasteiger partial charge in [-0.25, -0.2) is 4.79 Å². The first-order valence-corrected chi connectivity index (χ1v) is 11.3. The molecule has 0 aromatic heterocycles. The van der Waals surface area contributed by atoms with Crippen LogP contribution in [0.2, 0.25) is 0 Å². The van der Waals surface area contributed by atoms with Crippen molar-refractivity contribution in [1.29, 1.82) is 0 Å². The number of aliphatic hydroxyl groups is 1. The zero-order valence-electron chi connectivity index (χ0n) is 18.3. The number of carbonyl (C=O) groups is 3. The molecule has 6 nitrogen and oxygen atoms in total. The summed E-state index contributed by atoms with van der Waals surface area (Å²) in [4.78, 5) is 37.5. The molecule has 7 heteroatoms. The minimum absolute atomic E-state index is 0.109. The molecule has 0 spiro atoms. The van der Waals surface area contributed by atoms with Gasteiger partial charge in [0.05, 0.1) is 17.9 Å². The highest BCUT2D eigenvalue weighted by Crippen LogP contribution is 2.30. The van der Waals surface area contributed by atoms with Crippen molar-refractivity contribution in [3.05, 3.63) is 34.3 Å². The van der Waals surface area contributed by atoms with Gasteiger partial charge in [0.25, 0.3) is 0 Å². The summed E-state index contributed by atoms with van der Waals surface area (Å²) >= 11 is 1.58. The molecule has 0 heterocycles. The average molecular weight is 424 g/mol. The predicted octanol–water partition coefficient (Wildman–Crippen LogP) is 3.88. The van der Waals surface area contributed by atoms with E-state index < -0.39 is 23.6 Å². The molecule has 1 aliphatic rings. The average Bonchev–Trinajstić information content (AvgIpc) is 2.65. The Bertz CT molecular complexity index is 731. The van der Waals surface area contributed by atoms with Crippen LogP contribution in [-0.4, -0.2) is 47.3 Å². The molecular formula is C22H33NO5S. The first kappa shape index (κ1) is 25.0. The van der Waals surface area contributed by atoms with Crippen molar-refractivity contribution in [3.63, 3.8) is 0 Å². The summed E-state index contributed by atoms with van der Waals surface area (Å²) < 4.78 is 5.12. The molecule has 0 aliphatic heterocycles. The highest BCUT2D eigenvalue weighted by Gasteiger charge is 2.36. The maximum absolute atomic E-state index is 12.6. The van der Waals surface area contributed by atoms with Gasteiger partial charge in [-0.3, -0.25) is 9.59 Å². The number of thioether (sulfide) groups is 1. The molecule has 1 aliphatic carbocycles. The van der Waals surface area contributed by atoms with E-state index in [-0.39, 0.29) is 35.1 Å². The second-order valence-electron chi connectivity index (χ2n) is 7.41. The van der Waals surface area contributed by atoms with Gasteiger partial charge >= 0.3 is 5.97 Å². The Morgan fingerprint density at radius 2 is 1.90 bits per heavy atom. The monoisotopic (exact) mass is 423 g/mol. The number of Topliss-reactive ketones (excluding diaryl/α,β-unsaturated/α-hetero) is 2. The standard InChI is InChI=1S/C22H33NO5S/c1-7-28-22(27)16(11-12-29-6)23-18-15(5)19(24)21(26)17(20(18)25)14(4)10-8-9-13(2)3/h9,14,16,23,25H,7-8,10-12H2,1-6H3/t14-,16+/m1/s1. The summed E-state index contributed by atoms with van der Waals surface area (Å²) in [5.74, 6) is -1.60. The van der Waals surface area contributed by atoms with Crippen molar-refractivity contribution < 1.29 is 24.2 Å². The number of hydrogen-bond acceptors (Lipinski definition) is 7. The van der Waals surface area contributed by atoms with Gasteiger partial charge in [-0.1, -0.05) is 18.6 Å². The summed E-state index contributed by atoms with van der Waals surface area (Å²) in [5, 5.41) is 13.8. The van der Waals surface area contributed by atoms with Crippen LogP contribution >= 0.6 is 11.8 Å². The summed E-state index contributed by atoms with van der Waals surface area (Å²) in [7, 11) is 0. The number of hydrogen-bond donors (Lipinski definition) is 2. The summed E-state index contributed by atoms with van der Waals surface area (Å²) in [6.07, 6.45) is 5.83. The number of carbonyl (C=O) groups excluding carboxylic acids is 3. The molecule has 29 heavy (non-hydrogen) atoms. The Labute approximate surface area is 177 Å². The molecule has 0 bridgehead atoms. The van der Waals surface area contributed by atoms with Crippen molar-refractivity contribution >= 4 is 29.3 Å². The van der Waals surface area contributed by atoms with Gasteiger partial charge < -0.3 is 15.2 Å². The minimum Gasteiger partial charge on any atom is -0.505 e. The summed E-state index contributed by atoms with van der Waals surface area (Å²) in [5.41, 5.74) is 1.55. The number of ketones is 2. The molecule has 0 radical (unpaired) electrons. The zero-order chi connectivity index (χ0) is 22.1. The Kier molecular flexibility index (Phi) is 10.2. The topological polar surface area (TPSA) is 92.7 Å². The van der Waals surface area contributed by atoms with E-state index in [9.17, 15) is 19.5 Å². The van der Waals surface area contributed by atoms with Gasteiger partial charge in [0, 0.05) is 5.57 Å². The second-order valence-corrected chi connectivity index (χ2v) is 8.40. The van der Waals surface area contributed by atoms with Crippen LogP contribution in [-0.2, 0) is 19.1 Å². The fourth-order valence-corrected chi connectivity index (χ4v) is 3.60. The van der Waals surface area contributed by atoms with Gasteiger partial charge in [0.1, 0.15) is 11.8 Å². The van der Waals surface area contributed by atoms with Crippen molar-refractivity contribution in [1.82, 2.24) is 5.32 Å². The van der Waals surface area contributed by atoms with E-state index in [2.05, 4.69) is 11.4 Å². The number of ether oxygens (including phenoxy) is 1. The SMILES string of the molecule is CCOC(=O)[C@H](CCSC)NC1=C(C)C(=O)C(=O)C([C@H](C)CCC=C(C)C)=C1O. The Morgan fingerprint density at radius 1 is 1.24 bits per heavy atom. The van der Waals surface area contributed by atoms with Crippen molar-refractivity contribution in [2.75, 3.05) is 18.6 Å². The van der Waals surface area contributed by atoms with Crippen molar-refractivity contribution in [3.8, 4) is 0 Å². The third kappa shape index (κ3) is 6.77. The number of rotatable bonds is 11. The van der Waals surface area contributed by atoms with Crippen LogP contribution in [0.25, 0.3) is 0 Å². The fourth-order valence-electron chi connectivity index (χ4n) is 3.13. The third-order valence-corrected chi connectivity index (χ3v) is 5.45. The highest BCUT2D eigenvalue weighted by atomic mass is 32.2. The van der Waals surface area contributed by atoms with Gasteiger partial charge in [-0.2, -0.15) is 11.8 Å². The van der Waals surface area contributed by atoms with E-state index in [0.717, 1.165) is 6.42 Å². The third-order valence-electron chi connectivity index (χ3n) is 4.80. The summed E-state index contributed by atoms with van der Waals surface area (Å²) in [6.45, 7) is 9.26. The largest absolute Gasteiger partial charge is 0.505 e. The van der Waals surface area contributed by atoms with Crippen LogP contribution in [0.3, 0.4) is 0 Å². The summed E-state index contributed by atoms with van der Waals surface area (Å²) in [6, 6.07) is -0.710. The lowest BCUT2D eigenvalue weighted by Crippen LogP contribution is -2.42. The molecule has 162 valence electrons. The lowest BCUT2D eigenvalue weighted by molar-refractivity contribution is -0.145. The zero-order valence-corrected chi connectivity index (χ0v) is 19.1. The smallest absolute Gasteiger partial charge is 0.328 e. The number of esters is 1. The van der Waals surface area contributed by atoms with E-state index in [1.54, 1.807) is 18.7 Å². The van der Waals surface area contributed by atoms with Gasteiger partial charge in [-0.05, 0) is 64.9 Å². The van der Waals surface area contributed by atoms with Crippen LogP contribution in [0, 0.1) is 5.92 Å². The predicted molar refractivity (Wildman–Crippen MR) is 117 cm³/mol. The molecule has 0 aromatic rings. The van der Waals surface area contributed by atoms with Crippen LogP contribution in [0.1, 0.15) is 53.9 Å². The number of allylic oxidation sites excluding steroid dienone is 4. The molecule has 0 saturated carbocycles. The Hall–Kier alpha value is -2.02. The lowest BCUT2D eigenvalue weighted by Gasteiger charge is -2.27. The van der Waals surface area contributed by atoms with E-state index in [1.165, 1.54) is 12.5 Å². The Morgan fingerprint density at radius 3 is 2.45 bits per heavy atom. The quantitative estimate of drug-likeness (QED) is 0.225. The molecular weight excluding hydrogens is 390 g/mol. The molecule has 0 unspecified atom stereocenters. The molecule has 2 atom stereocenters. The Balaban J connectivity index is 3.22. The maximum Gasteiger partial charge on any atom is 0.328 e. The molecule has 0 fully saturated rings. The van der Waals surface area contributed by atoms with Gasteiger partial charge in [0.15, 0.2) is 0 Å². The van der Waals surface area contributed by atoms with Gasteiger partial charge in [-0.15, -0.1) is 0 Å².